The van der Waals surface area contributed by atoms with E-state index < -0.39 is 0 Å². The summed E-state index contributed by atoms with van der Waals surface area (Å²) in [5, 5.41) is 3.57. The average Bonchev–Trinajstić information content (AvgIpc) is 3.31. The second kappa shape index (κ2) is 6.01. The van der Waals surface area contributed by atoms with Gasteiger partial charge < -0.3 is 10.2 Å². The summed E-state index contributed by atoms with van der Waals surface area (Å²) in [5.41, 5.74) is 3.70. The smallest absolute Gasteiger partial charge is 0.0598 e. The van der Waals surface area contributed by atoms with Gasteiger partial charge in [0.2, 0.25) is 0 Å². The highest BCUT2D eigenvalue weighted by atomic mass is 15.1. The molecule has 0 bridgehead atoms. The minimum absolute atomic E-state index is 0.722. The maximum atomic E-state index is 4.27. The molecule has 4 heteroatoms. The van der Waals surface area contributed by atoms with Gasteiger partial charge in [-0.05, 0) is 36.1 Å². The monoisotopic (exact) mass is 268 g/mol. The van der Waals surface area contributed by atoms with Crippen molar-refractivity contribution in [1.82, 2.24) is 15.3 Å². The molecule has 1 saturated carbocycles. The molecule has 0 aliphatic heterocycles. The highest BCUT2D eigenvalue weighted by molar-refractivity contribution is 5.51. The lowest BCUT2D eigenvalue weighted by molar-refractivity contribution is 0.684. The van der Waals surface area contributed by atoms with Crippen LogP contribution in [0.5, 0.6) is 0 Å². The predicted molar refractivity (Wildman–Crippen MR) is 80.4 cm³/mol. The van der Waals surface area contributed by atoms with Gasteiger partial charge in [0.25, 0.3) is 0 Å². The van der Waals surface area contributed by atoms with Gasteiger partial charge in [0.15, 0.2) is 0 Å². The lowest BCUT2D eigenvalue weighted by Gasteiger charge is -2.22. The first-order valence-electron chi connectivity index (χ1n) is 7.09. The SMILES string of the molecule is CN(Cc1cccnc1)c1cnccc1CNC1CC1. The van der Waals surface area contributed by atoms with E-state index in [9.17, 15) is 0 Å². The normalized spacial score (nSPS) is 14.2. The third-order valence-corrected chi connectivity index (χ3v) is 3.60. The van der Waals surface area contributed by atoms with Gasteiger partial charge in [-0.3, -0.25) is 9.97 Å². The maximum Gasteiger partial charge on any atom is 0.0598 e. The molecule has 3 rings (SSSR count). The minimum atomic E-state index is 0.722. The quantitative estimate of drug-likeness (QED) is 0.873. The second-order valence-corrected chi connectivity index (χ2v) is 5.38. The second-order valence-electron chi connectivity index (χ2n) is 5.38. The van der Waals surface area contributed by atoms with Gasteiger partial charge >= 0.3 is 0 Å². The largest absolute Gasteiger partial charge is 0.369 e. The van der Waals surface area contributed by atoms with E-state index in [0.29, 0.717) is 0 Å². The molecule has 0 aromatic carbocycles. The fraction of sp³-hybridized carbons (Fsp3) is 0.375. The van der Waals surface area contributed by atoms with Crippen LogP contribution in [-0.4, -0.2) is 23.1 Å². The van der Waals surface area contributed by atoms with Crippen molar-refractivity contribution in [2.75, 3.05) is 11.9 Å². The van der Waals surface area contributed by atoms with Crippen molar-refractivity contribution in [3.05, 3.63) is 54.1 Å². The summed E-state index contributed by atoms with van der Waals surface area (Å²) in [6.45, 7) is 1.76. The van der Waals surface area contributed by atoms with E-state index in [4.69, 9.17) is 0 Å². The molecular formula is C16H20N4. The Balaban J connectivity index is 1.71. The summed E-state index contributed by atoms with van der Waals surface area (Å²) in [7, 11) is 2.10. The topological polar surface area (TPSA) is 41.1 Å². The van der Waals surface area contributed by atoms with E-state index in [1.54, 1.807) is 6.20 Å². The van der Waals surface area contributed by atoms with Crippen LogP contribution >= 0.6 is 0 Å². The van der Waals surface area contributed by atoms with E-state index >= 15 is 0 Å². The van der Waals surface area contributed by atoms with Crippen LogP contribution < -0.4 is 10.2 Å². The summed E-state index contributed by atoms with van der Waals surface area (Å²) in [4.78, 5) is 10.7. The number of aromatic nitrogens is 2. The van der Waals surface area contributed by atoms with Crippen molar-refractivity contribution in [2.24, 2.45) is 0 Å². The number of anilines is 1. The van der Waals surface area contributed by atoms with E-state index in [2.05, 4.69) is 39.4 Å². The first-order chi connectivity index (χ1) is 9.83. The van der Waals surface area contributed by atoms with Gasteiger partial charge in [0.05, 0.1) is 11.9 Å². The number of pyridine rings is 2. The van der Waals surface area contributed by atoms with E-state index in [1.807, 2.05) is 24.7 Å². The molecule has 0 saturated heterocycles. The van der Waals surface area contributed by atoms with Crippen LogP contribution in [0.1, 0.15) is 24.0 Å². The van der Waals surface area contributed by atoms with Crippen LogP contribution in [0.3, 0.4) is 0 Å². The zero-order chi connectivity index (χ0) is 13.8. The molecule has 104 valence electrons. The molecule has 0 unspecified atom stereocenters. The molecule has 2 heterocycles. The summed E-state index contributed by atoms with van der Waals surface area (Å²) < 4.78 is 0. The number of nitrogens with one attached hydrogen (secondary N) is 1. The van der Waals surface area contributed by atoms with Crippen LogP contribution in [-0.2, 0) is 13.1 Å². The predicted octanol–water partition coefficient (Wildman–Crippen LogP) is 2.37. The number of hydrogen-bond donors (Lipinski definition) is 1. The molecule has 0 amide bonds. The van der Waals surface area contributed by atoms with Gasteiger partial charge in [0.1, 0.15) is 0 Å². The molecule has 20 heavy (non-hydrogen) atoms. The molecule has 2 aromatic rings. The Labute approximate surface area is 119 Å². The van der Waals surface area contributed by atoms with Crippen LogP contribution in [0.2, 0.25) is 0 Å². The van der Waals surface area contributed by atoms with Crippen LogP contribution in [0, 0.1) is 0 Å². The number of rotatable bonds is 6. The number of hydrogen-bond acceptors (Lipinski definition) is 4. The van der Waals surface area contributed by atoms with Gasteiger partial charge in [0, 0.05) is 44.8 Å². The molecule has 0 spiro atoms. The molecule has 2 aromatic heterocycles. The Morgan fingerprint density at radius 3 is 2.80 bits per heavy atom. The van der Waals surface area contributed by atoms with Crippen molar-refractivity contribution in [3.63, 3.8) is 0 Å². The van der Waals surface area contributed by atoms with Crippen molar-refractivity contribution >= 4 is 5.69 Å². The van der Waals surface area contributed by atoms with Crippen LogP contribution in [0.15, 0.2) is 43.0 Å². The summed E-state index contributed by atoms with van der Waals surface area (Å²) in [5.74, 6) is 0. The van der Waals surface area contributed by atoms with Crippen LogP contribution in [0.25, 0.3) is 0 Å². The first-order valence-corrected chi connectivity index (χ1v) is 7.09. The van der Waals surface area contributed by atoms with Gasteiger partial charge in [-0.1, -0.05) is 6.07 Å². The number of nitrogens with zero attached hydrogens (tertiary/aromatic N) is 3. The van der Waals surface area contributed by atoms with Crippen molar-refractivity contribution in [1.29, 1.82) is 0 Å². The molecule has 0 radical (unpaired) electrons. The lowest BCUT2D eigenvalue weighted by Crippen LogP contribution is -2.21. The molecule has 1 N–H and O–H groups in total. The average molecular weight is 268 g/mol. The third-order valence-electron chi connectivity index (χ3n) is 3.60. The van der Waals surface area contributed by atoms with E-state index in [-0.39, 0.29) is 0 Å². The highest BCUT2D eigenvalue weighted by Crippen LogP contribution is 2.23. The fourth-order valence-electron chi connectivity index (χ4n) is 2.30. The molecule has 1 fully saturated rings. The van der Waals surface area contributed by atoms with Crippen molar-refractivity contribution in [2.45, 2.75) is 32.0 Å². The standard InChI is InChI=1S/C16H20N4/c1-20(12-13-3-2-7-17-9-13)16-11-18-8-6-14(16)10-19-15-4-5-15/h2-3,6-9,11,15,19H,4-5,10,12H2,1H3. The molecule has 1 aliphatic carbocycles. The lowest BCUT2D eigenvalue weighted by atomic mass is 10.2. The van der Waals surface area contributed by atoms with Crippen LogP contribution in [0.4, 0.5) is 5.69 Å². The Morgan fingerprint density at radius 1 is 1.20 bits per heavy atom. The summed E-state index contributed by atoms with van der Waals surface area (Å²) in [6.07, 6.45) is 10.1. The Bertz CT molecular complexity index is 551. The van der Waals surface area contributed by atoms with E-state index in [0.717, 1.165) is 19.1 Å². The highest BCUT2D eigenvalue weighted by Gasteiger charge is 2.20. The summed E-state index contributed by atoms with van der Waals surface area (Å²) >= 11 is 0. The maximum absolute atomic E-state index is 4.27. The zero-order valence-corrected chi connectivity index (χ0v) is 11.8. The summed E-state index contributed by atoms with van der Waals surface area (Å²) in [6, 6.07) is 6.90. The zero-order valence-electron chi connectivity index (χ0n) is 11.8. The van der Waals surface area contributed by atoms with Gasteiger partial charge in [-0.25, -0.2) is 0 Å². The molecular weight excluding hydrogens is 248 g/mol. The van der Waals surface area contributed by atoms with Gasteiger partial charge in [-0.15, -0.1) is 0 Å². The fourth-order valence-corrected chi connectivity index (χ4v) is 2.30. The molecule has 1 aliphatic rings. The Hall–Kier alpha value is -1.94. The first kappa shape index (κ1) is 13.1. The minimum Gasteiger partial charge on any atom is -0.369 e. The van der Waals surface area contributed by atoms with Gasteiger partial charge in [-0.2, -0.15) is 0 Å². The Kier molecular flexibility index (Phi) is 3.92. The molecule has 0 atom stereocenters. The molecule has 4 nitrogen and oxygen atoms in total. The third kappa shape index (κ3) is 3.33. The Morgan fingerprint density at radius 2 is 2.05 bits per heavy atom. The van der Waals surface area contributed by atoms with Crippen molar-refractivity contribution < 1.29 is 0 Å². The van der Waals surface area contributed by atoms with Crippen molar-refractivity contribution in [3.8, 4) is 0 Å². The van der Waals surface area contributed by atoms with E-state index in [1.165, 1.54) is 29.7 Å².